The van der Waals surface area contributed by atoms with Crippen LogP contribution in [-0.2, 0) is 9.47 Å². The summed E-state index contributed by atoms with van der Waals surface area (Å²) in [6.07, 6.45) is 3.86. The van der Waals surface area contributed by atoms with Crippen LogP contribution in [0, 0.1) is 5.92 Å². The molecule has 3 saturated heterocycles. The second-order valence-corrected chi connectivity index (χ2v) is 10.3. The number of rotatable bonds is 6. The van der Waals surface area contributed by atoms with Gasteiger partial charge in [-0.2, -0.15) is 0 Å². The summed E-state index contributed by atoms with van der Waals surface area (Å²) in [5.41, 5.74) is -0.450. The van der Waals surface area contributed by atoms with Crippen LogP contribution < -0.4 is 10.6 Å². The minimum absolute atomic E-state index is 0. The number of guanidine groups is 1. The lowest BCUT2D eigenvalue weighted by molar-refractivity contribution is 0.00544. The Labute approximate surface area is 211 Å². The van der Waals surface area contributed by atoms with E-state index in [1.807, 2.05) is 25.7 Å². The molecule has 3 fully saturated rings. The molecule has 3 aliphatic rings. The standard InChI is InChI=1S/C23H43N5O3.HI/c1-6-24-21(25-15-17(2)16-27-9-11-30-12-10-27)26-18-13-19-7-8-20(14-18)28(19)22(29)31-23(3,4)5;/h17-20H,6-16H2,1-5H3,(H2,24,25,26);1H. The lowest BCUT2D eigenvalue weighted by Gasteiger charge is -2.40. The van der Waals surface area contributed by atoms with Crippen molar-refractivity contribution in [1.29, 1.82) is 0 Å². The van der Waals surface area contributed by atoms with Crippen molar-refractivity contribution >= 4 is 36.0 Å². The zero-order valence-electron chi connectivity index (χ0n) is 20.6. The van der Waals surface area contributed by atoms with Gasteiger partial charge in [-0.1, -0.05) is 6.92 Å². The van der Waals surface area contributed by atoms with Crippen molar-refractivity contribution in [3.05, 3.63) is 0 Å². The van der Waals surface area contributed by atoms with E-state index >= 15 is 0 Å². The van der Waals surface area contributed by atoms with E-state index in [0.29, 0.717) is 12.0 Å². The van der Waals surface area contributed by atoms with E-state index in [-0.39, 0.29) is 42.2 Å². The fourth-order valence-corrected chi connectivity index (χ4v) is 4.95. The van der Waals surface area contributed by atoms with Crippen molar-refractivity contribution in [2.24, 2.45) is 10.9 Å². The minimum Gasteiger partial charge on any atom is -0.444 e. The van der Waals surface area contributed by atoms with Crippen LogP contribution in [0.15, 0.2) is 4.99 Å². The van der Waals surface area contributed by atoms with Crippen LogP contribution in [-0.4, -0.2) is 91.5 Å². The summed E-state index contributed by atoms with van der Waals surface area (Å²) in [5, 5.41) is 7.06. The molecule has 3 atom stereocenters. The highest BCUT2D eigenvalue weighted by Gasteiger charge is 2.45. The van der Waals surface area contributed by atoms with E-state index in [2.05, 4.69) is 29.4 Å². The Balaban J connectivity index is 0.00000363. The van der Waals surface area contributed by atoms with Crippen molar-refractivity contribution in [2.45, 2.75) is 84.0 Å². The highest BCUT2D eigenvalue weighted by molar-refractivity contribution is 14.0. The number of nitrogens with one attached hydrogen (secondary N) is 2. The number of piperidine rings is 1. The molecule has 3 heterocycles. The molecular formula is C23H44IN5O3. The number of amides is 1. The van der Waals surface area contributed by atoms with Gasteiger partial charge in [0.25, 0.3) is 0 Å². The van der Waals surface area contributed by atoms with Gasteiger partial charge in [0, 0.05) is 50.8 Å². The first-order chi connectivity index (χ1) is 14.7. The maximum absolute atomic E-state index is 12.7. The molecule has 186 valence electrons. The summed E-state index contributed by atoms with van der Waals surface area (Å²) in [4.78, 5) is 22.0. The lowest BCUT2D eigenvalue weighted by Crippen LogP contribution is -2.55. The van der Waals surface area contributed by atoms with Crippen molar-refractivity contribution in [3.63, 3.8) is 0 Å². The molecule has 0 radical (unpaired) electrons. The van der Waals surface area contributed by atoms with Gasteiger partial charge in [-0.25, -0.2) is 4.79 Å². The number of aliphatic imine (C=N–C) groups is 1. The molecule has 8 nitrogen and oxygen atoms in total. The molecule has 3 aliphatic heterocycles. The van der Waals surface area contributed by atoms with Crippen LogP contribution in [0.25, 0.3) is 0 Å². The molecule has 0 aromatic heterocycles. The molecule has 3 unspecified atom stereocenters. The number of ether oxygens (including phenoxy) is 2. The summed E-state index contributed by atoms with van der Waals surface area (Å²) in [7, 11) is 0. The van der Waals surface area contributed by atoms with Crippen LogP contribution in [0.1, 0.15) is 60.3 Å². The Kier molecular flexibility index (Phi) is 10.8. The van der Waals surface area contributed by atoms with Crippen molar-refractivity contribution < 1.29 is 14.3 Å². The van der Waals surface area contributed by atoms with Gasteiger partial charge in [0.15, 0.2) is 5.96 Å². The SMILES string of the molecule is CCNC(=NCC(C)CN1CCOCC1)NC1CC2CCC(C1)N2C(=O)OC(C)(C)C.I. The van der Waals surface area contributed by atoms with E-state index in [9.17, 15) is 4.79 Å². The Morgan fingerprint density at radius 3 is 2.38 bits per heavy atom. The highest BCUT2D eigenvalue weighted by atomic mass is 127. The first-order valence-corrected chi connectivity index (χ1v) is 12.1. The van der Waals surface area contributed by atoms with E-state index in [0.717, 1.165) is 77.6 Å². The van der Waals surface area contributed by atoms with Crippen LogP contribution in [0.4, 0.5) is 4.79 Å². The van der Waals surface area contributed by atoms with Crippen LogP contribution in [0.5, 0.6) is 0 Å². The van der Waals surface area contributed by atoms with Gasteiger partial charge in [0.1, 0.15) is 5.60 Å². The van der Waals surface area contributed by atoms with E-state index in [4.69, 9.17) is 14.5 Å². The molecular weight excluding hydrogens is 521 g/mol. The minimum atomic E-state index is -0.450. The van der Waals surface area contributed by atoms with Gasteiger partial charge in [-0.05, 0) is 59.3 Å². The first-order valence-electron chi connectivity index (χ1n) is 12.1. The third-order valence-corrected chi connectivity index (χ3v) is 6.26. The second kappa shape index (κ2) is 12.6. The van der Waals surface area contributed by atoms with Gasteiger partial charge < -0.3 is 25.0 Å². The predicted octanol–water partition coefficient (Wildman–Crippen LogP) is 3.06. The number of carbonyl (C=O) groups is 1. The Morgan fingerprint density at radius 2 is 1.81 bits per heavy atom. The third-order valence-electron chi connectivity index (χ3n) is 6.26. The number of nitrogens with zero attached hydrogens (tertiary/aromatic N) is 3. The van der Waals surface area contributed by atoms with Crippen molar-refractivity contribution in [1.82, 2.24) is 20.4 Å². The molecule has 0 aliphatic carbocycles. The largest absolute Gasteiger partial charge is 0.444 e. The third kappa shape index (κ3) is 8.20. The number of halogens is 1. The van der Waals surface area contributed by atoms with Crippen molar-refractivity contribution in [2.75, 3.05) is 45.9 Å². The fourth-order valence-electron chi connectivity index (χ4n) is 4.95. The normalized spacial score (nSPS) is 27.5. The molecule has 9 heteroatoms. The first kappa shape index (κ1) is 27.4. The second-order valence-electron chi connectivity index (χ2n) is 10.3. The number of hydrogen-bond donors (Lipinski definition) is 2. The molecule has 2 bridgehead atoms. The maximum atomic E-state index is 12.7. The zero-order chi connectivity index (χ0) is 22.4. The Hall–Kier alpha value is -0.810. The molecule has 0 aromatic rings. The number of carbonyl (C=O) groups excluding carboxylic acids is 1. The quantitative estimate of drug-likeness (QED) is 0.293. The molecule has 2 N–H and O–H groups in total. The maximum Gasteiger partial charge on any atom is 0.410 e. The number of fused-ring (bicyclic) bond motifs is 2. The molecule has 0 saturated carbocycles. The van der Waals surface area contributed by atoms with E-state index in [1.54, 1.807) is 0 Å². The van der Waals surface area contributed by atoms with Gasteiger partial charge in [0.2, 0.25) is 0 Å². The van der Waals surface area contributed by atoms with Crippen LogP contribution >= 0.6 is 24.0 Å². The average Bonchev–Trinajstić information content (AvgIpc) is 2.97. The number of hydrogen-bond acceptors (Lipinski definition) is 5. The topological polar surface area (TPSA) is 78.4 Å². The molecule has 1 amide bonds. The predicted molar refractivity (Wildman–Crippen MR) is 139 cm³/mol. The average molecular weight is 566 g/mol. The summed E-state index contributed by atoms with van der Waals surface area (Å²) in [6, 6.07) is 0.854. The lowest BCUT2D eigenvalue weighted by atomic mass is 9.98. The molecule has 0 aromatic carbocycles. The summed E-state index contributed by atoms with van der Waals surface area (Å²) in [6.45, 7) is 16.6. The van der Waals surface area contributed by atoms with Crippen molar-refractivity contribution in [3.8, 4) is 0 Å². The molecule has 0 spiro atoms. The highest BCUT2D eigenvalue weighted by Crippen LogP contribution is 2.36. The summed E-state index contributed by atoms with van der Waals surface area (Å²) >= 11 is 0. The van der Waals surface area contributed by atoms with Gasteiger partial charge >= 0.3 is 6.09 Å². The monoisotopic (exact) mass is 565 g/mol. The number of morpholine rings is 1. The molecule has 32 heavy (non-hydrogen) atoms. The Morgan fingerprint density at radius 1 is 1.19 bits per heavy atom. The van der Waals surface area contributed by atoms with E-state index < -0.39 is 5.60 Å². The van der Waals surface area contributed by atoms with Gasteiger partial charge in [-0.15, -0.1) is 24.0 Å². The van der Waals surface area contributed by atoms with Crippen LogP contribution in [0.3, 0.4) is 0 Å². The van der Waals surface area contributed by atoms with Gasteiger partial charge in [0.05, 0.1) is 13.2 Å². The van der Waals surface area contributed by atoms with Crippen LogP contribution in [0.2, 0.25) is 0 Å². The van der Waals surface area contributed by atoms with Gasteiger partial charge in [-0.3, -0.25) is 9.89 Å². The summed E-state index contributed by atoms with van der Waals surface area (Å²) in [5.74, 6) is 1.39. The smallest absolute Gasteiger partial charge is 0.410 e. The zero-order valence-corrected chi connectivity index (χ0v) is 22.9. The molecule has 3 rings (SSSR count). The van der Waals surface area contributed by atoms with E-state index in [1.165, 1.54) is 0 Å². The summed E-state index contributed by atoms with van der Waals surface area (Å²) < 4.78 is 11.1. The fraction of sp³-hybridized carbons (Fsp3) is 0.913. The Bertz CT molecular complexity index is 607.